The highest BCUT2D eigenvalue weighted by Crippen LogP contribution is 2.24. The number of likely N-dealkylation sites (tertiary alicyclic amines) is 1. The van der Waals surface area contributed by atoms with Crippen molar-refractivity contribution in [1.29, 1.82) is 0 Å². The summed E-state index contributed by atoms with van der Waals surface area (Å²) in [5.41, 5.74) is 3.19. The first-order chi connectivity index (χ1) is 16.9. The predicted octanol–water partition coefficient (Wildman–Crippen LogP) is 4.75. The molecule has 1 aliphatic heterocycles. The molecule has 7 nitrogen and oxygen atoms in total. The number of benzene rings is 3. The van der Waals surface area contributed by atoms with Crippen LogP contribution in [0.25, 0.3) is 10.9 Å². The molecule has 0 saturated carbocycles. The first-order valence-electron chi connectivity index (χ1n) is 11.5. The van der Waals surface area contributed by atoms with Crippen LogP contribution < -0.4 is 5.32 Å². The van der Waals surface area contributed by atoms with Gasteiger partial charge >= 0.3 is 0 Å². The zero-order valence-electron chi connectivity index (χ0n) is 19.4. The number of amidine groups is 1. The van der Waals surface area contributed by atoms with Crippen molar-refractivity contribution in [1.82, 2.24) is 9.47 Å². The molecule has 178 valence electrons. The van der Waals surface area contributed by atoms with Gasteiger partial charge in [-0.3, -0.25) is 4.79 Å². The van der Waals surface area contributed by atoms with Gasteiger partial charge in [0.05, 0.1) is 10.5 Å². The van der Waals surface area contributed by atoms with Crippen molar-refractivity contribution in [2.24, 2.45) is 4.40 Å². The third-order valence-electron chi connectivity index (χ3n) is 6.20. The van der Waals surface area contributed by atoms with Crippen LogP contribution in [0.4, 0.5) is 5.69 Å². The fourth-order valence-electron chi connectivity index (χ4n) is 4.35. The topological polar surface area (TPSA) is 83.8 Å². The maximum Gasteiger partial charge on any atom is 0.283 e. The lowest BCUT2D eigenvalue weighted by Crippen LogP contribution is -2.20. The highest BCUT2D eigenvalue weighted by molar-refractivity contribution is 7.90. The number of anilines is 1. The number of para-hydroxylation sites is 1. The molecular formula is C27H26N4O3S. The number of carbonyl (C=O) groups excluding carboxylic acids is 1. The molecule has 1 N–H and O–H groups in total. The van der Waals surface area contributed by atoms with E-state index in [1.165, 1.54) is 12.1 Å². The fourth-order valence-corrected chi connectivity index (χ4v) is 5.44. The van der Waals surface area contributed by atoms with Crippen LogP contribution in [-0.4, -0.2) is 43.2 Å². The molecule has 4 aromatic rings. The average Bonchev–Trinajstić information content (AvgIpc) is 3.43. The minimum atomic E-state index is -3.80. The van der Waals surface area contributed by atoms with Gasteiger partial charge in [-0.25, -0.2) is 0 Å². The van der Waals surface area contributed by atoms with Crippen molar-refractivity contribution in [3.05, 3.63) is 96.2 Å². The van der Waals surface area contributed by atoms with Crippen LogP contribution in [-0.2, 0) is 16.6 Å². The van der Waals surface area contributed by atoms with E-state index in [1.807, 2.05) is 60.6 Å². The summed E-state index contributed by atoms with van der Waals surface area (Å²) in [7, 11) is -1.95. The van der Waals surface area contributed by atoms with E-state index in [2.05, 4.69) is 26.4 Å². The Hall–Kier alpha value is -3.91. The third kappa shape index (κ3) is 4.83. The smallest absolute Gasteiger partial charge is 0.283 e. The molecule has 0 aliphatic carbocycles. The Morgan fingerprint density at radius 3 is 2.40 bits per heavy atom. The summed E-state index contributed by atoms with van der Waals surface area (Å²) >= 11 is 0. The number of nitrogens with one attached hydrogen (secondary N) is 1. The molecule has 1 aliphatic rings. The van der Waals surface area contributed by atoms with Gasteiger partial charge in [0, 0.05) is 49.3 Å². The molecule has 0 unspecified atom stereocenters. The predicted molar refractivity (Wildman–Crippen MR) is 138 cm³/mol. The summed E-state index contributed by atoms with van der Waals surface area (Å²) in [5, 5.41) is 3.75. The Balaban J connectivity index is 1.37. The molecule has 0 spiro atoms. The van der Waals surface area contributed by atoms with E-state index in [9.17, 15) is 13.2 Å². The zero-order chi connectivity index (χ0) is 24.4. The Morgan fingerprint density at radius 1 is 0.971 bits per heavy atom. The zero-order valence-corrected chi connectivity index (χ0v) is 20.2. The monoisotopic (exact) mass is 486 g/mol. The van der Waals surface area contributed by atoms with Crippen molar-refractivity contribution in [2.45, 2.75) is 24.3 Å². The number of fused-ring (bicyclic) bond motifs is 1. The summed E-state index contributed by atoms with van der Waals surface area (Å²) in [5.74, 6) is 0.325. The summed E-state index contributed by atoms with van der Waals surface area (Å²) in [6, 6.07) is 24.0. The van der Waals surface area contributed by atoms with Crippen LogP contribution in [0.3, 0.4) is 0 Å². The highest BCUT2D eigenvalue weighted by Gasteiger charge is 2.21. The molecule has 0 radical (unpaired) electrons. The van der Waals surface area contributed by atoms with Gasteiger partial charge in [0.15, 0.2) is 0 Å². The molecule has 8 heteroatoms. The first-order valence-corrected chi connectivity index (χ1v) is 12.9. The van der Waals surface area contributed by atoms with Gasteiger partial charge in [-0.1, -0.05) is 48.5 Å². The van der Waals surface area contributed by atoms with Crippen LogP contribution in [0.2, 0.25) is 0 Å². The molecule has 1 amide bonds. The largest absolute Gasteiger partial charge is 0.362 e. The molecule has 0 atom stereocenters. The maximum absolute atomic E-state index is 13.2. The lowest BCUT2D eigenvalue weighted by molar-refractivity contribution is 0.102. The maximum atomic E-state index is 13.2. The number of rotatable bonds is 6. The van der Waals surface area contributed by atoms with Crippen molar-refractivity contribution in [3.8, 4) is 0 Å². The van der Waals surface area contributed by atoms with Crippen molar-refractivity contribution in [2.75, 3.05) is 18.9 Å². The van der Waals surface area contributed by atoms with Gasteiger partial charge in [-0.05, 0) is 42.3 Å². The van der Waals surface area contributed by atoms with Crippen molar-refractivity contribution >= 4 is 38.4 Å². The van der Waals surface area contributed by atoms with E-state index < -0.39 is 10.0 Å². The molecule has 0 bridgehead atoms. The Labute approximate surface area is 204 Å². The molecule has 35 heavy (non-hydrogen) atoms. The van der Waals surface area contributed by atoms with Gasteiger partial charge in [0.2, 0.25) is 0 Å². The number of sulfonamides is 1. The quantitative estimate of drug-likeness (QED) is 0.426. The summed E-state index contributed by atoms with van der Waals surface area (Å²) < 4.78 is 31.4. The number of hydrogen-bond donors (Lipinski definition) is 1. The van der Waals surface area contributed by atoms with Crippen molar-refractivity contribution < 1.29 is 13.2 Å². The minimum Gasteiger partial charge on any atom is -0.362 e. The molecule has 1 fully saturated rings. The Morgan fingerprint density at radius 2 is 1.69 bits per heavy atom. The van der Waals surface area contributed by atoms with Crippen LogP contribution in [0.5, 0.6) is 0 Å². The van der Waals surface area contributed by atoms with E-state index in [1.54, 1.807) is 12.1 Å². The van der Waals surface area contributed by atoms with E-state index >= 15 is 0 Å². The standard InChI is InChI=1S/C27H26N4O3S/c1-30-17-7-12-26(30)29-35(33,34)22-15-13-21(14-16-22)28-27(32)24-19-31(18-20-8-3-2-4-9-20)25-11-6-5-10-23(24)25/h2-6,8-11,13-16,19H,7,12,17-18H2,1H3,(H,28,32)/b29-26+. The molecule has 3 aromatic carbocycles. The van der Waals surface area contributed by atoms with Gasteiger partial charge < -0.3 is 14.8 Å². The van der Waals surface area contributed by atoms with Crippen molar-refractivity contribution in [3.63, 3.8) is 0 Å². The number of nitrogens with zero attached hydrogens (tertiary/aromatic N) is 3. The Bertz CT molecular complexity index is 1510. The normalized spacial score (nSPS) is 15.1. The lowest BCUT2D eigenvalue weighted by atomic mass is 10.1. The second-order valence-electron chi connectivity index (χ2n) is 8.66. The van der Waals surface area contributed by atoms with E-state index in [0.717, 1.165) is 29.4 Å². The minimum absolute atomic E-state index is 0.0998. The van der Waals surface area contributed by atoms with Gasteiger partial charge in [0.1, 0.15) is 5.84 Å². The number of aromatic nitrogens is 1. The van der Waals surface area contributed by atoms with E-state index in [4.69, 9.17) is 0 Å². The Kier molecular flexibility index (Phi) is 6.13. The highest BCUT2D eigenvalue weighted by atomic mass is 32.2. The van der Waals surface area contributed by atoms with Crippen LogP contribution in [0.15, 0.2) is 94.4 Å². The number of amides is 1. The molecule has 2 heterocycles. The molecule has 5 rings (SSSR count). The second kappa shape index (κ2) is 9.38. The molecule has 1 aromatic heterocycles. The summed E-state index contributed by atoms with van der Waals surface area (Å²) in [4.78, 5) is 15.1. The summed E-state index contributed by atoms with van der Waals surface area (Å²) in [6.45, 7) is 1.46. The second-order valence-corrected chi connectivity index (χ2v) is 10.3. The summed E-state index contributed by atoms with van der Waals surface area (Å²) in [6.07, 6.45) is 3.42. The lowest BCUT2D eigenvalue weighted by Gasteiger charge is -2.11. The van der Waals surface area contributed by atoms with Crippen LogP contribution in [0, 0.1) is 0 Å². The fraction of sp³-hybridized carbons (Fsp3) is 0.185. The van der Waals surface area contributed by atoms with E-state index in [-0.39, 0.29) is 10.8 Å². The number of carbonyl (C=O) groups is 1. The molecular weight excluding hydrogens is 460 g/mol. The first kappa shape index (κ1) is 22.9. The van der Waals surface area contributed by atoms with Gasteiger partial charge in [-0.2, -0.15) is 8.42 Å². The van der Waals surface area contributed by atoms with Gasteiger partial charge in [-0.15, -0.1) is 4.40 Å². The average molecular weight is 487 g/mol. The SMILES string of the molecule is CN1CCC/C1=N\S(=O)(=O)c1ccc(NC(=O)c2cn(Cc3ccccc3)c3ccccc23)cc1. The van der Waals surface area contributed by atoms with Crippen LogP contribution >= 0.6 is 0 Å². The molecule has 1 saturated heterocycles. The van der Waals surface area contributed by atoms with E-state index in [0.29, 0.717) is 30.1 Å². The number of hydrogen-bond acceptors (Lipinski definition) is 3. The third-order valence-corrected chi connectivity index (χ3v) is 7.52. The van der Waals surface area contributed by atoms with Crippen LogP contribution in [0.1, 0.15) is 28.8 Å². The van der Waals surface area contributed by atoms with Gasteiger partial charge in [0.25, 0.3) is 15.9 Å².